The van der Waals surface area contributed by atoms with Gasteiger partial charge in [0.05, 0.1) is 5.02 Å². The Morgan fingerprint density at radius 2 is 1.70 bits per heavy atom. The SMILES string of the molecule is Cc1ccnc(N2CCN(c3ccccn3)CC2)c1Cl. The minimum atomic E-state index is 0.763. The Kier molecular flexibility index (Phi) is 3.74. The molecule has 0 N–H and O–H groups in total. The molecule has 4 nitrogen and oxygen atoms in total. The van der Waals surface area contributed by atoms with Gasteiger partial charge in [0.2, 0.25) is 0 Å². The van der Waals surface area contributed by atoms with Gasteiger partial charge in [-0.05, 0) is 30.7 Å². The van der Waals surface area contributed by atoms with Crippen LogP contribution in [0.1, 0.15) is 5.56 Å². The van der Waals surface area contributed by atoms with Gasteiger partial charge < -0.3 is 9.80 Å². The molecule has 0 radical (unpaired) electrons. The topological polar surface area (TPSA) is 32.3 Å². The highest BCUT2D eigenvalue weighted by atomic mass is 35.5. The van der Waals surface area contributed by atoms with Crippen LogP contribution in [0.2, 0.25) is 5.02 Å². The van der Waals surface area contributed by atoms with Crippen LogP contribution in [-0.2, 0) is 0 Å². The van der Waals surface area contributed by atoms with E-state index in [9.17, 15) is 0 Å². The highest BCUT2D eigenvalue weighted by Gasteiger charge is 2.20. The lowest BCUT2D eigenvalue weighted by atomic mass is 10.2. The molecule has 0 atom stereocenters. The monoisotopic (exact) mass is 288 g/mol. The molecule has 0 aliphatic carbocycles. The number of aromatic nitrogens is 2. The van der Waals surface area contributed by atoms with E-state index in [4.69, 9.17) is 11.6 Å². The molecule has 3 rings (SSSR count). The zero-order chi connectivity index (χ0) is 13.9. The Hall–Kier alpha value is -1.81. The van der Waals surface area contributed by atoms with Crippen molar-refractivity contribution in [3.05, 3.63) is 47.2 Å². The summed E-state index contributed by atoms with van der Waals surface area (Å²) in [5.74, 6) is 1.93. The fraction of sp³-hybridized carbons (Fsp3) is 0.333. The second-order valence-electron chi connectivity index (χ2n) is 4.93. The maximum absolute atomic E-state index is 6.35. The second kappa shape index (κ2) is 5.67. The van der Waals surface area contributed by atoms with Gasteiger partial charge in [-0.3, -0.25) is 0 Å². The Morgan fingerprint density at radius 3 is 2.40 bits per heavy atom. The number of aryl methyl sites for hydroxylation is 1. The standard InChI is InChI=1S/C15H17ClN4/c1-12-5-7-18-15(14(12)16)20-10-8-19(9-11-20)13-4-2-3-6-17-13/h2-7H,8-11H2,1H3. The molecular weight excluding hydrogens is 272 g/mol. The van der Waals surface area contributed by atoms with Gasteiger partial charge in [-0.15, -0.1) is 0 Å². The fourth-order valence-corrected chi connectivity index (χ4v) is 2.67. The van der Waals surface area contributed by atoms with E-state index in [1.54, 1.807) is 0 Å². The van der Waals surface area contributed by atoms with Gasteiger partial charge in [0.1, 0.15) is 11.6 Å². The van der Waals surface area contributed by atoms with Crippen molar-refractivity contribution in [3.8, 4) is 0 Å². The minimum Gasteiger partial charge on any atom is -0.353 e. The average molecular weight is 289 g/mol. The predicted octanol–water partition coefficient (Wildman–Crippen LogP) is 2.77. The summed E-state index contributed by atoms with van der Waals surface area (Å²) in [4.78, 5) is 13.4. The molecule has 5 heteroatoms. The van der Waals surface area contributed by atoms with Gasteiger partial charge in [-0.1, -0.05) is 17.7 Å². The van der Waals surface area contributed by atoms with Crippen LogP contribution in [0, 0.1) is 6.92 Å². The molecule has 2 aromatic rings. The van der Waals surface area contributed by atoms with Crippen LogP contribution < -0.4 is 9.80 Å². The number of pyridine rings is 2. The van der Waals surface area contributed by atoms with Crippen LogP contribution in [0.5, 0.6) is 0 Å². The van der Waals surface area contributed by atoms with Crippen molar-refractivity contribution >= 4 is 23.2 Å². The van der Waals surface area contributed by atoms with Crippen molar-refractivity contribution in [1.82, 2.24) is 9.97 Å². The molecule has 1 aliphatic heterocycles. The summed E-state index contributed by atoms with van der Waals surface area (Å²) < 4.78 is 0. The number of anilines is 2. The zero-order valence-corrected chi connectivity index (χ0v) is 12.2. The summed E-state index contributed by atoms with van der Waals surface area (Å²) in [6.45, 7) is 5.70. The van der Waals surface area contributed by atoms with E-state index in [0.29, 0.717) is 0 Å². The van der Waals surface area contributed by atoms with Crippen molar-refractivity contribution in [2.24, 2.45) is 0 Å². The Morgan fingerprint density at radius 1 is 0.950 bits per heavy atom. The van der Waals surface area contributed by atoms with Crippen molar-refractivity contribution in [2.45, 2.75) is 6.92 Å². The van der Waals surface area contributed by atoms with E-state index in [-0.39, 0.29) is 0 Å². The molecule has 1 fully saturated rings. The molecule has 1 saturated heterocycles. The first-order valence-electron chi connectivity index (χ1n) is 6.78. The first-order chi connectivity index (χ1) is 9.75. The van der Waals surface area contributed by atoms with Crippen LogP contribution in [0.3, 0.4) is 0 Å². The summed E-state index contributed by atoms with van der Waals surface area (Å²) in [6.07, 6.45) is 3.66. The van der Waals surface area contributed by atoms with Crippen molar-refractivity contribution in [3.63, 3.8) is 0 Å². The number of piperazine rings is 1. The van der Waals surface area contributed by atoms with E-state index < -0.39 is 0 Å². The summed E-state index contributed by atoms with van der Waals surface area (Å²) in [7, 11) is 0. The maximum atomic E-state index is 6.35. The summed E-state index contributed by atoms with van der Waals surface area (Å²) in [5.41, 5.74) is 1.07. The molecule has 0 bridgehead atoms. The molecule has 0 spiro atoms. The molecule has 3 heterocycles. The highest BCUT2D eigenvalue weighted by molar-refractivity contribution is 6.33. The lowest BCUT2D eigenvalue weighted by molar-refractivity contribution is 0.641. The third-order valence-corrected chi connectivity index (χ3v) is 4.08. The predicted molar refractivity (Wildman–Crippen MR) is 82.6 cm³/mol. The molecule has 1 aliphatic rings. The Labute approximate surface area is 124 Å². The third kappa shape index (κ3) is 2.56. The van der Waals surface area contributed by atoms with Gasteiger partial charge in [0.15, 0.2) is 0 Å². The van der Waals surface area contributed by atoms with Crippen LogP contribution in [0.4, 0.5) is 11.6 Å². The van der Waals surface area contributed by atoms with E-state index in [0.717, 1.165) is 48.4 Å². The first kappa shape index (κ1) is 13.2. The van der Waals surface area contributed by atoms with Crippen molar-refractivity contribution in [1.29, 1.82) is 0 Å². The number of rotatable bonds is 2. The number of hydrogen-bond donors (Lipinski definition) is 0. The molecule has 0 amide bonds. The van der Waals surface area contributed by atoms with E-state index in [2.05, 4.69) is 19.8 Å². The summed E-state index contributed by atoms with van der Waals surface area (Å²) in [6, 6.07) is 7.95. The van der Waals surface area contributed by atoms with Crippen molar-refractivity contribution in [2.75, 3.05) is 36.0 Å². The second-order valence-corrected chi connectivity index (χ2v) is 5.31. The highest BCUT2D eigenvalue weighted by Crippen LogP contribution is 2.27. The van der Waals surface area contributed by atoms with Gasteiger partial charge in [0, 0.05) is 38.6 Å². The van der Waals surface area contributed by atoms with Crippen LogP contribution in [0.25, 0.3) is 0 Å². The molecular formula is C15H17ClN4. The Bertz CT molecular complexity index is 580. The first-order valence-corrected chi connectivity index (χ1v) is 7.15. The minimum absolute atomic E-state index is 0.763. The zero-order valence-electron chi connectivity index (χ0n) is 11.5. The summed E-state index contributed by atoms with van der Waals surface area (Å²) >= 11 is 6.35. The molecule has 0 unspecified atom stereocenters. The molecule has 2 aromatic heterocycles. The average Bonchev–Trinajstić information content (AvgIpc) is 2.51. The molecule has 20 heavy (non-hydrogen) atoms. The fourth-order valence-electron chi connectivity index (χ4n) is 2.43. The number of nitrogens with zero attached hydrogens (tertiary/aromatic N) is 4. The molecule has 0 saturated carbocycles. The normalized spacial score (nSPS) is 15.5. The van der Waals surface area contributed by atoms with E-state index >= 15 is 0 Å². The quantitative estimate of drug-likeness (QED) is 0.851. The lowest BCUT2D eigenvalue weighted by Gasteiger charge is -2.36. The van der Waals surface area contributed by atoms with Gasteiger partial charge >= 0.3 is 0 Å². The lowest BCUT2D eigenvalue weighted by Crippen LogP contribution is -2.47. The van der Waals surface area contributed by atoms with E-state index in [1.165, 1.54) is 0 Å². The van der Waals surface area contributed by atoms with Crippen LogP contribution in [0.15, 0.2) is 36.7 Å². The van der Waals surface area contributed by atoms with Gasteiger partial charge in [-0.25, -0.2) is 9.97 Å². The smallest absolute Gasteiger partial charge is 0.147 e. The van der Waals surface area contributed by atoms with Crippen molar-refractivity contribution < 1.29 is 0 Å². The number of halogens is 1. The van der Waals surface area contributed by atoms with Crippen LogP contribution in [-0.4, -0.2) is 36.1 Å². The largest absolute Gasteiger partial charge is 0.353 e. The van der Waals surface area contributed by atoms with Crippen LogP contribution >= 0.6 is 11.6 Å². The molecule has 104 valence electrons. The maximum Gasteiger partial charge on any atom is 0.147 e. The molecule has 0 aromatic carbocycles. The van der Waals surface area contributed by atoms with E-state index in [1.807, 2.05) is 43.6 Å². The van der Waals surface area contributed by atoms with Gasteiger partial charge in [0.25, 0.3) is 0 Å². The van der Waals surface area contributed by atoms with Gasteiger partial charge in [-0.2, -0.15) is 0 Å². The summed E-state index contributed by atoms with van der Waals surface area (Å²) in [5, 5.41) is 0.763. The third-order valence-electron chi connectivity index (χ3n) is 3.62. The Balaban J connectivity index is 1.71. The number of hydrogen-bond acceptors (Lipinski definition) is 4.